The Kier molecular flexibility index (Phi) is 8.99. The fourth-order valence-electron chi connectivity index (χ4n) is 2.06. The van der Waals surface area contributed by atoms with E-state index in [4.69, 9.17) is 10.5 Å². The molecule has 0 spiro atoms. The van der Waals surface area contributed by atoms with E-state index in [0.29, 0.717) is 19.1 Å². The number of nitrogens with two attached hydrogens (primary N) is 1. The minimum atomic E-state index is -0.656. The molecule has 1 atom stereocenters. The summed E-state index contributed by atoms with van der Waals surface area (Å²) in [7, 11) is 0. The van der Waals surface area contributed by atoms with Crippen molar-refractivity contribution in [3.05, 3.63) is 35.9 Å². The summed E-state index contributed by atoms with van der Waals surface area (Å²) >= 11 is 0. The lowest BCUT2D eigenvalue weighted by molar-refractivity contribution is -0.125. The van der Waals surface area contributed by atoms with Gasteiger partial charge in [-0.25, -0.2) is 0 Å². The van der Waals surface area contributed by atoms with Gasteiger partial charge in [0.25, 0.3) is 0 Å². The molecule has 0 aliphatic carbocycles. The van der Waals surface area contributed by atoms with E-state index in [1.165, 1.54) is 5.56 Å². The van der Waals surface area contributed by atoms with Gasteiger partial charge in [0.2, 0.25) is 5.91 Å². The number of hydrogen-bond acceptors (Lipinski definition) is 3. The first kappa shape index (κ1) is 21.0. The summed E-state index contributed by atoms with van der Waals surface area (Å²) in [5.41, 5.74) is 5.90. The van der Waals surface area contributed by atoms with Crippen molar-refractivity contribution in [2.24, 2.45) is 16.1 Å². The molecule has 0 saturated heterocycles. The number of rotatable bonds is 10. The number of hydrogen-bond donors (Lipinski definition) is 3. The van der Waals surface area contributed by atoms with Crippen molar-refractivity contribution < 1.29 is 9.53 Å². The first-order chi connectivity index (χ1) is 11.9. The van der Waals surface area contributed by atoms with Crippen LogP contribution in [0.1, 0.15) is 45.8 Å². The predicted octanol–water partition coefficient (Wildman–Crippen LogP) is 2.22. The lowest BCUT2D eigenvalue weighted by Crippen LogP contribution is -2.40. The fourth-order valence-corrected chi connectivity index (χ4v) is 2.06. The molecule has 1 aromatic carbocycles. The monoisotopic (exact) mass is 348 g/mol. The van der Waals surface area contributed by atoms with Gasteiger partial charge in [0, 0.05) is 19.7 Å². The van der Waals surface area contributed by atoms with Crippen molar-refractivity contribution in [1.29, 1.82) is 0 Å². The number of nitrogens with zero attached hydrogens (tertiary/aromatic N) is 1. The molecule has 0 radical (unpaired) electrons. The fraction of sp³-hybridized carbons (Fsp3) is 0.579. The largest absolute Gasteiger partial charge is 0.374 e. The molecule has 1 rings (SSSR count). The third-order valence-corrected chi connectivity index (χ3v) is 3.89. The van der Waals surface area contributed by atoms with Gasteiger partial charge in [0.15, 0.2) is 5.96 Å². The van der Waals surface area contributed by atoms with Gasteiger partial charge in [0.1, 0.15) is 0 Å². The Hall–Kier alpha value is -2.08. The van der Waals surface area contributed by atoms with Crippen LogP contribution in [-0.2, 0) is 9.53 Å². The first-order valence-electron chi connectivity index (χ1n) is 8.85. The summed E-state index contributed by atoms with van der Waals surface area (Å²) < 4.78 is 5.85. The van der Waals surface area contributed by atoms with Gasteiger partial charge < -0.3 is 21.1 Å². The molecule has 25 heavy (non-hydrogen) atoms. The van der Waals surface area contributed by atoms with Crippen LogP contribution in [0.2, 0.25) is 0 Å². The van der Waals surface area contributed by atoms with Gasteiger partial charge in [-0.2, -0.15) is 0 Å². The van der Waals surface area contributed by atoms with Gasteiger partial charge >= 0.3 is 0 Å². The van der Waals surface area contributed by atoms with E-state index in [0.717, 1.165) is 19.5 Å². The summed E-state index contributed by atoms with van der Waals surface area (Å²) in [6, 6.07) is 10.2. The number of guanidine groups is 1. The Morgan fingerprint density at radius 1 is 1.28 bits per heavy atom. The Bertz CT molecular complexity index is 544. The van der Waals surface area contributed by atoms with Gasteiger partial charge in [-0.3, -0.25) is 9.79 Å². The van der Waals surface area contributed by atoms with Crippen LogP contribution in [0, 0.1) is 5.41 Å². The van der Waals surface area contributed by atoms with Gasteiger partial charge in [0.05, 0.1) is 18.1 Å². The average molecular weight is 348 g/mol. The molecule has 140 valence electrons. The van der Waals surface area contributed by atoms with Crippen LogP contribution in [0.4, 0.5) is 0 Å². The van der Waals surface area contributed by atoms with Crippen LogP contribution in [0.15, 0.2) is 35.3 Å². The summed E-state index contributed by atoms with van der Waals surface area (Å²) in [6.45, 7) is 10.1. The van der Waals surface area contributed by atoms with E-state index >= 15 is 0 Å². The van der Waals surface area contributed by atoms with Crippen molar-refractivity contribution in [3.63, 3.8) is 0 Å². The van der Waals surface area contributed by atoms with Crippen LogP contribution in [0.3, 0.4) is 0 Å². The van der Waals surface area contributed by atoms with Crippen LogP contribution >= 0.6 is 0 Å². The number of carbonyl (C=O) groups is 1. The molecular formula is C19H32N4O2. The average Bonchev–Trinajstić information content (AvgIpc) is 2.59. The maximum Gasteiger partial charge on any atom is 0.224 e. The Morgan fingerprint density at radius 3 is 2.56 bits per heavy atom. The van der Waals surface area contributed by atoms with Crippen molar-refractivity contribution in [2.75, 3.05) is 26.2 Å². The zero-order valence-electron chi connectivity index (χ0n) is 15.8. The van der Waals surface area contributed by atoms with Crippen molar-refractivity contribution in [1.82, 2.24) is 10.6 Å². The molecular weight excluding hydrogens is 316 g/mol. The zero-order chi connectivity index (χ0) is 18.7. The second-order valence-electron chi connectivity index (χ2n) is 6.65. The van der Waals surface area contributed by atoms with Crippen molar-refractivity contribution in [2.45, 2.75) is 40.2 Å². The van der Waals surface area contributed by atoms with Gasteiger partial charge in [-0.15, -0.1) is 0 Å². The third-order valence-electron chi connectivity index (χ3n) is 3.89. The molecule has 1 aromatic rings. The summed E-state index contributed by atoms with van der Waals surface area (Å²) in [6.07, 6.45) is 0.945. The molecule has 0 aliphatic heterocycles. The van der Waals surface area contributed by atoms with Crippen LogP contribution in [0.25, 0.3) is 0 Å². The Balaban J connectivity index is 2.34. The number of amides is 1. The number of ether oxygens (including phenoxy) is 1. The smallest absolute Gasteiger partial charge is 0.224 e. The number of nitrogens with one attached hydrogen (secondary N) is 2. The minimum absolute atomic E-state index is 0.0828. The molecule has 1 amide bonds. The van der Waals surface area contributed by atoms with E-state index < -0.39 is 5.41 Å². The van der Waals surface area contributed by atoms with Gasteiger partial charge in [-0.1, -0.05) is 30.3 Å². The topological polar surface area (TPSA) is 88.7 Å². The summed E-state index contributed by atoms with van der Waals surface area (Å²) in [5, 5.41) is 6.42. The highest BCUT2D eigenvalue weighted by Crippen LogP contribution is 2.16. The molecule has 0 aliphatic rings. The predicted molar refractivity (Wildman–Crippen MR) is 102 cm³/mol. The number of aliphatic imine (C=N–C) groups is 1. The van der Waals surface area contributed by atoms with E-state index in [9.17, 15) is 4.79 Å². The van der Waals surface area contributed by atoms with Gasteiger partial charge in [-0.05, 0) is 39.7 Å². The normalized spacial score (nSPS) is 13.4. The van der Waals surface area contributed by atoms with Crippen LogP contribution < -0.4 is 16.4 Å². The van der Waals surface area contributed by atoms with Crippen molar-refractivity contribution >= 4 is 11.9 Å². The van der Waals surface area contributed by atoms with Crippen molar-refractivity contribution in [3.8, 4) is 0 Å². The lowest BCUT2D eigenvalue weighted by Gasteiger charge is -2.19. The van der Waals surface area contributed by atoms with E-state index in [1.54, 1.807) is 13.8 Å². The molecule has 0 aromatic heterocycles. The van der Waals surface area contributed by atoms with Crippen LogP contribution in [0.5, 0.6) is 0 Å². The second-order valence-corrected chi connectivity index (χ2v) is 6.65. The minimum Gasteiger partial charge on any atom is -0.374 e. The highest BCUT2D eigenvalue weighted by molar-refractivity contribution is 5.82. The zero-order valence-corrected chi connectivity index (χ0v) is 15.8. The standard InChI is InChI=1S/C19H32N4O2/c1-5-21-18(23-14-19(3,4)17(20)24)22-12-9-13-25-15(2)16-10-7-6-8-11-16/h6-8,10-11,15H,5,9,12-14H2,1-4H3,(H2,20,24)(H2,21,22,23). The summed E-state index contributed by atoms with van der Waals surface area (Å²) in [5.74, 6) is 0.336. The molecule has 0 saturated carbocycles. The number of primary amides is 1. The summed E-state index contributed by atoms with van der Waals surface area (Å²) in [4.78, 5) is 15.8. The Morgan fingerprint density at radius 2 is 1.96 bits per heavy atom. The lowest BCUT2D eigenvalue weighted by atomic mass is 9.93. The molecule has 0 heterocycles. The molecule has 0 fully saturated rings. The molecule has 6 nitrogen and oxygen atoms in total. The van der Waals surface area contributed by atoms with Crippen LogP contribution in [-0.4, -0.2) is 38.1 Å². The molecule has 1 unspecified atom stereocenters. The number of benzene rings is 1. The quantitative estimate of drug-likeness (QED) is 0.344. The highest BCUT2D eigenvalue weighted by atomic mass is 16.5. The number of carbonyl (C=O) groups excluding carboxylic acids is 1. The maximum absolute atomic E-state index is 11.4. The van der Waals surface area contributed by atoms with E-state index in [-0.39, 0.29) is 12.0 Å². The third kappa shape index (κ3) is 8.03. The van der Waals surface area contributed by atoms with E-state index in [1.807, 2.05) is 25.1 Å². The molecule has 0 bridgehead atoms. The Labute approximate surface area is 151 Å². The molecule has 4 N–H and O–H groups in total. The SMILES string of the molecule is CCNC(=NCC(C)(C)C(N)=O)NCCCOC(C)c1ccccc1. The first-order valence-corrected chi connectivity index (χ1v) is 8.85. The second kappa shape index (κ2) is 10.7. The molecule has 6 heteroatoms. The van der Waals surface area contributed by atoms with E-state index in [2.05, 4.69) is 34.7 Å². The highest BCUT2D eigenvalue weighted by Gasteiger charge is 2.24. The maximum atomic E-state index is 11.4.